The summed E-state index contributed by atoms with van der Waals surface area (Å²) < 4.78 is 22.4. The molecule has 2 rings (SSSR count). The molecule has 0 bridgehead atoms. The lowest BCUT2D eigenvalue weighted by Gasteiger charge is -2.37. The molecule has 1 aromatic rings. The van der Waals surface area contributed by atoms with Crippen LogP contribution in [0.1, 0.15) is 43.2 Å². The Bertz CT molecular complexity index is 528. The van der Waals surface area contributed by atoms with Gasteiger partial charge >= 0.3 is 0 Å². The molecule has 0 aromatic heterocycles. The highest BCUT2D eigenvalue weighted by molar-refractivity contribution is 7.90. The second-order valence-corrected chi connectivity index (χ2v) is 8.38. The summed E-state index contributed by atoms with van der Waals surface area (Å²) in [5.74, 6) is 0.217. The number of aryl methyl sites for hydroxylation is 1. The summed E-state index contributed by atoms with van der Waals surface area (Å²) in [5, 5.41) is 0. The number of nitrogens with two attached hydrogens (primary N) is 1. The van der Waals surface area contributed by atoms with Gasteiger partial charge in [-0.1, -0.05) is 43.5 Å². The van der Waals surface area contributed by atoms with E-state index >= 15 is 0 Å². The van der Waals surface area contributed by atoms with E-state index in [-0.39, 0.29) is 11.2 Å². The van der Waals surface area contributed by atoms with Crippen molar-refractivity contribution in [3.8, 4) is 0 Å². The normalized spacial score (nSPS) is 18.9. The van der Waals surface area contributed by atoms with Gasteiger partial charge in [-0.15, -0.1) is 0 Å². The molecule has 0 spiro atoms. The van der Waals surface area contributed by atoms with E-state index in [1.807, 2.05) is 0 Å². The fourth-order valence-corrected chi connectivity index (χ4v) is 3.77. The second-order valence-electron chi connectivity index (χ2n) is 6.12. The number of hydrogen-bond donors (Lipinski definition) is 1. The molecule has 0 unspecified atom stereocenters. The van der Waals surface area contributed by atoms with E-state index < -0.39 is 9.84 Å². The van der Waals surface area contributed by atoms with Crippen LogP contribution in [0, 0.1) is 0 Å². The highest BCUT2D eigenvalue weighted by Crippen LogP contribution is 2.38. The molecule has 3 nitrogen and oxygen atoms in total. The zero-order chi connectivity index (χ0) is 14.6. The summed E-state index contributed by atoms with van der Waals surface area (Å²) in [6.07, 6.45) is 8.05. The highest BCUT2D eigenvalue weighted by atomic mass is 32.2. The number of benzene rings is 1. The van der Waals surface area contributed by atoms with E-state index in [1.165, 1.54) is 43.9 Å². The van der Waals surface area contributed by atoms with Crippen molar-refractivity contribution in [2.24, 2.45) is 5.73 Å². The van der Waals surface area contributed by atoms with Crippen molar-refractivity contribution in [2.75, 3.05) is 18.6 Å². The lowest BCUT2D eigenvalue weighted by molar-refractivity contribution is 0.301. The van der Waals surface area contributed by atoms with Crippen molar-refractivity contribution in [1.29, 1.82) is 0 Å². The smallest absolute Gasteiger partial charge is 0.147 e. The van der Waals surface area contributed by atoms with Gasteiger partial charge < -0.3 is 5.73 Å². The maximum Gasteiger partial charge on any atom is 0.147 e. The van der Waals surface area contributed by atoms with Crippen molar-refractivity contribution in [3.63, 3.8) is 0 Å². The van der Waals surface area contributed by atoms with Gasteiger partial charge in [-0.05, 0) is 30.4 Å². The molecular formula is C16H25NO2S. The largest absolute Gasteiger partial charge is 0.330 e. The molecule has 4 heteroatoms. The molecule has 0 amide bonds. The van der Waals surface area contributed by atoms with Crippen LogP contribution in [0.3, 0.4) is 0 Å². The molecule has 1 saturated carbocycles. The standard InChI is InChI=1S/C16H25NO2S/c1-20(18,19)12-9-14-5-7-15(8-6-14)16(13-17)10-3-2-4-11-16/h5-8H,2-4,9-13,17H2,1H3. The van der Waals surface area contributed by atoms with Gasteiger partial charge in [0.2, 0.25) is 0 Å². The first-order valence-electron chi connectivity index (χ1n) is 7.42. The maximum absolute atomic E-state index is 11.2. The Morgan fingerprint density at radius 2 is 1.70 bits per heavy atom. The van der Waals surface area contributed by atoms with Crippen LogP contribution in [0.2, 0.25) is 0 Å². The molecule has 1 aliphatic carbocycles. The molecule has 2 N–H and O–H groups in total. The average molecular weight is 295 g/mol. The summed E-state index contributed by atoms with van der Waals surface area (Å²) >= 11 is 0. The van der Waals surface area contributed by atoms with Crippen LogP contribution >= 0.6 is 0 Å². The van der Waals surface area contributed by atoms with Crippen molar-refractivity contribution in [2.45, 2.75) is 43.9 Å². The quantitative estimate of drug-likeness (QED) is 0.907. The third-order valence-corrected chi connectivity index (χ3v) is 5.47. The van der Waals surface area contributed by atoms with Crippen molar-refractivity contribution < 1.29 is 8.42 Å². The van der Waals surface area contributed by atoms with E-state index in [2.05, 4.69) is 24.3 Å². The molecule has 1 aromatic carbocycles. The summed E-state index contributed by atoms with van der Waals surface area (Å²) in [6.45, 7) is 0.704. The Labute approximate surface area is 122 Å². The van der Waals surface area contributed by atoms with Gasteiger partial charge in [0.25, 0.3) is 0 Å². The van der Waals surface area contributed by atoms with E-state index in [0.717, 1.165) is 5.56 Å². The van der Waals surface area contributed by atoms with Crippen LogP contribution in [-0.4, -0.2) is 27.0 Å². The third kappa shape index (κ3) is 3.83. The molecule has 0 radical (unpaired) electrons. The van der Waals surface area contributed by atoms with E-state index in [9.17, 15) is 8.42 Å². The van der Waals surface area contributed by atoms with Gasteiger partial charge in [-0.25, -0.2) is 8.42 Å². The molecule has 1 aliphatic rings. The Morgan fingerprint density at radius 3 is 2.20 bits per heavy atom. The van der Waals surface area contributed by atoms with Crippen LogP contribution in [0.5, 0.6) is 0 Å². The lowest BCUT2D eigenvalue weighted by Crippen LogP contribution is -2.37. The fourth-order valence-electron chi connectivity index (χ4n) is 3.17. The number of rotatable bonds is 5. The Kier molecular flexibility index (Phi) is 4.86. The van der Waals surface area contributed by atoms with Gasteiger partial charge in [0.05, 0.1) is 5.75 Å². The predicted octanol–water partition coefficient (Wildman–Crippen LogP) is 2.43. The van der Waals surface area contributed by atoms with Crippen LogP contribution in [0.15, 0.2) is 24.3 Å². The second kappa shape index (κ2) is 6.27. The lowest BCUT2D eigenvalue weighted by atomic mass is 9.69. The Morgan fingerprint density at radius 1 is 1.10 bits per heavy atom. The van der Waals surface area contributed by atoms with E-state index in [0.29, 0.717) is 13.0 Å². The zero-order valence-electron chi connectivity index (χ0n) is 12.3. The van der Waals surface area contributed by atoms with Gasteiger partial charge in [0, 0.05) is 18.2 Å². The van der Waals surface area contributed by atoms with Crippen molar-refractivity contribution in [3.05, 3.63) is 35.4 Å². The van der Waals surface area contributed by atoms with Crippen LogP contribution in [-0.2, 0) is 21.7 Å². The maximum atomic E-state index is 11.2. The summed E-state index contributed by atoms with van der Waals surface area (Å²) in [4.78, 5) is 0. The SMILES string of the molecule is CS(=O)(=O)CCc1ccc(C2(CN)CCCCC2)cc1. The molecule has 112 valence electrons. The molecule has 0 aliphatic heterocycles. The zero-order valence-corrected chi connectivity index (χ0v) is 13.1. The minimum atomic E-state index is -2.89. The molecule has 0 saturated heterocycles. The first-order chi connectivity index (χ1) is 9.45. The topological polar surface area (TPSA) is 60.2 Å². The van der Waals surface area contributed by atoms with Crippen LogP contribution < -0.4 is 5.73 Å². The minimum absolute atomic E-state index is 0.146. The summed E-state index contributed by atoms with van der Waals surface area (Å²) in [6, 6.07) is 8.42. The Hall–Kier alpha value is -0.870. The predicted molar refractivity (Wildman–Crippen MR) is 83.7 cm³/mol. The van der Waals surface area contributed by atoms with Gasteiger partial charge in [0.15, 0.2) is 0 Å². The number of sulfone groups is 1. The molecular weight excluding hydrogens is 270 g/mol. The minimum Gasteiger partial charge on any atom is -0.330 e. The first-order valence-corrected chi connectivity index (χ1v) is 9.48. The van der Waals surface area contributed by atoms with E-state index in [4.69, 9.17) is 5.73 Å². The average Bonchev–Trinajstić information content (AvgIpc) is 2.46. The van der Waals surface area contributed by atoms with Crippen LogP contribution in [0.25, 0.3) is 0 Å². The number of hydrogen-bond acceptors (Lipinski definition) is 3. The van der Waals surface area contributed by atoms with Crippen molar-refractivity contribution in [1.82, 2.24) is 0 Å². The van der Waals surface area contributed by atoms with Gasteiger partial charge in [-0.3, -0.25) is 0 Å². The van der Waals surface area contributed by atoms with E-state index in [1.54, 1.807) is 0 Å². The fraction of sp³-hybridized carbons (Fsp3) is 0.625. The summed E-state index contributed by atoms with van der Waals surface area (Å²) in [5.41, 5.74) is 8.60. The monoisotopic (exact) mass is 295 g/mol. The van der Waals surface area contributed by atoms with Gasteiger partial charge in [0.1, 0.15) is 9.84 Å². The molecule has 1 fully saturated rings. The third-order valence-electron chi connectivity index (χ3n) is 4.53. The Balaban J connectivity index is 2.10. The van der Waals surface area contributed by atoms with Crippen molar-refractivity contribution >= 4 is 9.84 Å². The van der Waals surface area contributed by atoms with Gasteiger partial charge in [-0.2, -0.15) is 0 Å². The van der Waals surface area contributed by atoms with Crippen LogP contribution in [0.4, 0.5) is 0 Å². The summed E-state index contributed by atoms with van der Waals surface area (Å²) in [7, 11) is -2.89. The molecule has 0 heterocycles. The highest BCUT2D eigenvalue weighted by Gasteiger charge is 2.32. The molecule has 0 atom stereocenters. The first kappa shape index (κ1) is 15.5. The molecule has 20 heavy (non-hydrogen) atoms.